The Bertz CT molecular complexity index is 683. The Hall–Kier alpha value is -1.85. The van der Waals surface area contributed by atoms with Crippen LogP contribution in [-0.4, -0.2) is 19.2 Å². The molecule has 4 nitrogen and oxygen atoms in total. The van der Waals surface area contributed by atoms with E-state index in [-0.39, 0.29) is 12.1 Å². The standard InChI is InChI=1S/C18H22N2O2S/c1-3-14-7-10-23-17(14)12-19-13(2)15-5-4-6-16(11-15)20-8-9-22-18(20)21/h4-7,10-11,13,19H,3,8-9,12H2,1-2H3/t13-/m0/s1. The van der Waals surface area contributed by atoms with Crippen LogP contribution in [-0.2, 0) is 17.7 Å². The SMILES string of the molecule is CCc1ccsc1CN[C@@H](C)c1cccc(N2CCOC2=O)c1. The van der Waals surface area contributed by atoms with Crippen molar-refractivity contribution in [2.24, 2.45) is 0 Å². The molecule has 0 aliphatic carbocycles. The van der Waals surface area contributed by atoms with Crippen LogP contribution in [0, 0.1) is 0 Å². The van der Waals surface area contributed by atoms with Crippen molar-refractivity contribution in [1.82, 2.24) is 5.32 Å². The molecule has 0 radical (unpaired) electrons. The Kier molecular flexibility index (Phi) is 4.98. The van der Waals surface area contributed by atoms with E-state index in [1.807, 2.05) is 12.1 Å². The Balaban J connectivity index is 1.67. The molecule has 1 atom stereocenters. The summed E-state index contributed by atoms with van der Waals surface area (Å²) in [6, 6.07) is 10.5. The summed E-state index contributed by atoms with van der Waals surface area (Å²) in [4.78, 5) is 14.8. The maximum atomic E-state index is 11.7. The number of amides is 1. The lowest BCUT2D eigenvalue weighted by Crippen LogP contribution is -2.24. The topological polar surface area (TPSA) is 41.6 Å². The van der Waals surface area contributed by atoms with Crippen molar-refractivity contribution in [3.63, 3.8) is 0 Å². The fraction of sp³-hybridized carbons (Fsp3) is 0.389. The van der Waals surface area contributed by atoms with Crippen LogP contribution < -0.4 is 10.2 Å². The first-order valence-corrected chi connectivity index (χ1v) is 8.90. The predicted octanol–water partition coefficient (Wildman–Crippen LogP) is 4.12. The minimum atomic E-state index is -0.256. The number of thiophene rings is 1. The van der Waals surface area contributed by atoms with E-state index >= 15 is 0 Å². The summed E-state index contributed by atoms with van der Waals surface area (Å²) in [5.41, 5.74) is 3.50. The van der Waals surface area contributed by atoms with Crippen LogP contribution in [0.25, 0.3) is 0 Å². The highest BCUT2D eigenvalue weighted by Gasteiger charge is 2.23. The van der Waals surface area contributed by atoms with Gasteiger partial charge < -0.3 is 10.1 Å². The Morgan fingerprint density at radius 2 is 2.26 bits per heavy atom. The predicted molar refractivity (Wildman–Crippen MR) is 94.1 cm³/mol. The molecule has 122 valence electrons. The van der Waals surface area contributed by atoms with Gasteiger partial charge in [0.25, 0.3) is 0 Å². The third-order valence-electron chi connectivity index (χ3n) is 4.23. The van der Waals surface area contributed by atoms with E-state index in [4.69, 9.17) is 4.74 Å². The van der Waals surface area contributed by atoms with Gasteiger partial charge in [0.2, 0.25) is 0 Å². The van der Waals surface area contributed by atoms with Crippen molar-refractivity contribution in [2.75, 3.05) is 18.1 Å². The molecule has 23 heavy (non-hydrogen) atoms. The molecule has 1 N–H and O–H groups in total. The van der Waals surface area contributed by atoms with Gasteiger partial charge in [-0.3, -0.25) is 4.90 Å². The zero-order chi connectivity index (χ0) is 16.2. The minimum Gasteiger partial charge on any atom is -0.447 e. The molecule has 1 aliphatic rings. The maximum Gasteiger partial charge on any atom is 0.414 e. The van der Waals surface area contributed by atoms with Crippen LogP contribution >= 0.6 is 11.3 Å². The normalized spacial score (nSPS) is 15.7. The molecule has 1 amide bonds. The highest BCUT2D eigenvalue weighted by atomic mass is 32.1. The van der Waals surface area contributed by atoms with Crippen molar-refractivity contribution in [2.45, 2.75) is 32.9 Å². The lowest BCUT2D eigenvalue weighted by Gasteiger charge is -2.18. The van der Waals surface area contributed by atoms with Gasteiger partial charge in [0.05, 0.1) is 6.54 Å². The summed E-state index contributed by atoms with van der Waals surface area (Å²) >= 11 is 1.80. The number of aryl methyl sites for hydroxylation is 1. The molecule has 3 rings (SSSR count). The third-order valence-corrected chi connectivity index (χ3v) is 5.19. The van der Waals surface area contributed by atoms with Gasteiger partial charge in [-0.05, 0) is 48.1 Å². The van der Waals surface area contributed by atoms with E-state index in [2.05, 4.69) is 42.7 Å². The van der Waals surface area contributed by atoms with Crippen molar-refractivity contribution in [3.05, 3.63) is 51.7 Å². The molecule has 0 saturated carbocycles. The van der Waals surface area contributed by atoms with Gasteiger partial charge in [0.15, 0.2) is 0 Å². The summed E-state index contributed by atoms with van der Waals surface area (Å²) in [5.74, 6) is 0. The summed E-state index contributed by atoms with van der Waals surface area (Å²) in [7, 11) is 0. The summed E-state index contributed by atoms with van der Waals surface area (Å²) in [6.45, 7) is 6.31. The van der Waals surface area contributed by atoms with Gasteiger partial charge in [0.1, 0.15) is 6.61 Å². The third kappa shape index (κ3) is 3.57. The van der Waals surface area contributed by atoms with Gasteiger partial charge in [-0.1, -0.05) is 19.1 Å². The molecule has 1 aromatic heterocycles. The monoisotopic (exact) mass is 330 g/mol. The first kappa shape index (κ1) is 16.0. The number of cyclic esters (lactones) is 1. The van der Waals surface area contributed by atoms with Crippen molar-refractivity contribution < 1.29 is 9.53 Å². The largest absolute Gasteiger partial charge is 0.447 e. The summed E-state index contributed by atoms with van der Waals surface area (Å²) in [5, 5.41) is 5.73. The van der Waals surface area contributed by atoms with Gasteiger partial charge in [-0.2, -0.15) is 0 Å². The average molecular weight is 330 g/mol. The molecular weight excluding hydrogens is 308 g/mol. The molecular formula is C18H22N2O2S. The molecule has 5 heteroatoms. The Labute approximate surface area is 141 Å². The summed E-state index contributed by atoms with van der Waals surface area (Å²) in [6.07, 6.45) is 0.815. The molecule has 1 aromatic carbocycles. The van der Waals surface area contributed by atoms with Crippen LogP contribution in [0.15, 0.2) is 35.7 Å². The number of carbonyl (C=O) groups excluding carboxylic acids is 1. The number of ether oxygens (including phenoxy) is 1. The molecule has 1 fully saturated rings. The number of nitrogens with one attached hydrogen (secondary N) is 1. The number of hydrogen-bond acceptors (Lipinski definition) is 4. The number of anilines is 1. The number of hydrogen-bond donors (Lipinski definition) is 1. The number of nitrogens with zero attached hydrogens (tertiary/aromatic N) is 1. The first-order chi connectivity index (χ1) is 11.2. The van der Waals surface area contributed by atoms with E-state index in [1.54, 1.807) is 16.2 Å². The maximum absolute atomic E-state index is 11.7. The minimum absolute atomic E-state index is 0.223. The molecule has 2 aromatic rings. The lowest BCUT2D eigenvalue weighted by atomic mass is 10.1. The van der Waals surface area contributed by atoms with Crippen LogP contribution in [0.4, 0.5) is 10.5 Å². The highest BCUT2D eigenvalue weighted by molar-refractivity contribution is 7.10. The average Bonchev–Trinajstić information content (AvgIpc) is 3.21. The smallest absolute Gasteiger partial charge is 0.414 e. The Morgan fingerprint density at radius 3 is 3.00 bits per heavy atom. The van der Waals surface area contributed by atoms with Gasteiger partial charge in [-0.15, -0.1) is 11.3 Å². The van der Waals surface area contributed by atoms with Crippen LogP contribution in [0.1, 0.15) is 35.9 Å². The first-order valence-electron chi connectivity index (χ1n) is 8.02. The van der Waals surface area contributed by atoms with E-state index < -0.39 is 0 Å². The van der Waals surface area contributed by atoms with Crippen LogP contribution in [0.5, 0.6) is 0 Å². The lowest BCUT2D eigenvalue weighted by molar-refractivity contribution is 0.181. The van der Waals surface area contributed by atoms with Gasteiger partial charge in [0, 0.05) is 23.2 Å². The fourth-order valence-electron chi connectivity index (χ4n) is 2.79. The van der Waals surface area contributed by atoms with E-state index in [9.17, 15) is 4.79 Å². The van der Waals surface area contributed by atoms with E-state index in [0.717, 1.165) is 18.7 Å². The van der Waals surface area contributed by atoms with Gasteiger partial charge >= 0.3 is 6.09 Å². The van der Waals surface area contributed by atoms with Gasteiger partial charge in [-0.25, -0.2) is 4.79 Å². The van der Waals surface area contributed by atoms with Crippen LogP contribution in [0.2, 0.25) is 0 Å². The molecule has 1 saturated heterocycles. The number of benzene rings is 1. The van der Waals surface area contributed by atoms with Crippen molar-refractivity contribution in [1.29, 1.82) is 0 Å². The summed E-state index contributed by atoms with van der Waals surface area (Å²) < 4.78 is 5.01. The molecule has 0 unspecified atom stereocenters. The fourth-order valence-corrected chi connectivity index (χ4v) is 3.72. The van der Waals surface area contributed by atoms with E-state index in [1.165, 1.54) is 16.0 Å². The second-order valence-corrected chi connectivity index (χ2v) is 6.69. The molecule has 0 bridgehead atoms. The second kappa shape index (κ2) is 7.15. The number of carbonyl (C=O) groups is 1. The number of rotatable bonds is 6. The molecule has 1 aliphatic heterocycles. The quantitative estimate of drug-likeness (QED) is 0.866. The highest BCUT2D eigenvalue weighted by Crippen LogP contribution is 2.24. The Morgan fingerprint density at radius 1 is 1.39 bits per heavy atom. The zero-order valence-electron chi connectivity index (χ0n) is 13.5. The molecule has 0 spiro atoms. The van der Waals surface area contributed by atoms with Crippen molar-refractivity contribution >= 4 is 23.1 Å². The van der Waals surface area contributed by atoms with E-state index in [0.29, 0.717) is 13.2 Å². The zero-order valence-corrected chi connectivity index (χ0v) is 14.4. The van der Waals surface area contributed by atoms with Crippen LogP contribution in [0.3, 0.4) is 0 Å². The second-order valence-electron chi connectivity index (χ2n) is 5.69. The van der Waals surface area contributed by atoms with Crippen molar-refractivity contribution in [3.8, 4) is 0 Å². The molecule has 2 heterocycles.